The highest BCUT2D eigenvalue weighted by Gasteiger charge is 2.16. The van der Waals surface area contributed by atoms with E-state index in [4.69, 9.17) is 0 Å². The Labute approximate surface area is 124 Å². The molecule has 0 aliphatic rings. The van der Waals surface area contributed by atoms with Gasteiger partial charge in [0.05, 0.1) is 5.69 Å². The predicted octanol–water partition coefficient (Wildman–Crippen LogP) is 1.76. The van der Waals surface area contributed by atoms with Crippen molar-refractivity contribution in [2.75, 3.05) is 18.9 Å². The Balaban J connectivity index is 2.28. The summed E-state index contributed by atoms with van der Waals surface area (Å²) in [5.41, 5.74) is 1.63. The van der Waals surface area contributed by atoms with Crippen LogP contribution in [0.15, 0.2) is 30.6 Å². The molecule has 2 rings (SSSR count). The van der Waals surface area contributed by atoms with E-state index in [-0.39, 0.29) is 11.8 Å². The van der Waals surface area contributed by atoms with Gasteiger partial charge in [-0.1, -0.05) is 19.1 Å². The van der Waals surface area contributed by atoms with Gasteiger partial charge in [-0.2, -0.15) is 0 Å². The highest BCUT2D eigenvalue weighted by molar-refractivity contribution is 5.96. The lowest BCUT2D eigenvalue weighted by Gasteiger charge is -2.14. The zero-order valence-electron chi connectivity index (χ0n) is 12.6. The lowest BCUT2D eigenvalue weighted by molar-refractivity contribution is -0.119. The molecular formula is C15H21N5O. The number of anilines is 1. The molecule has 6 heteroatoms. The molecule has 0 bridgehead atoms. The van der Waals surface area contributed by atoms with E-state index >= 15 is 0 Å². The van der Waals surface area contributed by atoms with Gasteiger partial charge in [0.15, 0.2) is 5.82 Å². The van der Waals surface area contributed by atoms with Gasteiger partial charge in [-0.25, -0.2) is 0 Å². The van der Waals surface area contributed by atoms with Crippen molar-refractivity contribution in [3.05, 3.63) is 30.6 Å². The Kier molecular flexibility index (Phi) is 5.05. The van der Waals surface area contributed by atoms with E-state index in [2.05, 4.69) is 20.8 Å². The summed E-state index contributed by atoms with van der Waals surface area (Å²) in [6.07, 6.45) is 1.69. The fourth-order valence-corrected chi connectivity index (χ4v) is 2.14. The van der Waals surface area contributed by atoms with Crippen molar-refractivity contribution in [1.82, 2.24) is 20.1 Å². The van der Waals surface area contributed by atoms with Crippen LogP contribution in [0.2, 0.25) is 0 Å². The highest BCUT2D eigenvalue weighted by Crippen LogP contribution is 2.26. The smallest absolute Gasteiger partial charge is 0.228 e. The number of aryl methyl sites for hydroxylation is 1. The molecule has 1 unspecified atom stereocenters. The number of carbonyl (C=O) groups is 1. The summed E-state index contributed by atoms with van der Waals surface area (Å²) in [6.45, 7) is 5.34. The zero-order chi connectivity index (χ0) is 15.2. The van der Waals surface area contributed by atoms with E-state index in [0.717, 1.165) is 23.6 Å². The third-order valence-corrected chi connectivity index (χ3v) is 3.34. The third kappa shape index (κ3) is 3.46. The molecule has 0 radical (unpaired) electrons. The van der Waals surface area contributed by atoms with E-state index in [1.54, 1.807) is 6.33 Å². The molecule has 0 fully saturated rings. The molecule has 6 nitrogen and oxygen atoms in total. The van der Waals surface area contributed by atoms with Crippen LogP contribution in [0.1, 0.15) is 13.8 Å². The van der Waals surface area contributed by atoms with Gasteiger partial charge in [0, 0.05) is 24.6 Å². The van der Waals surface area contributed by atoms with Gasteiger partial charge < -0.3 is 15.2 Å². The summed E-state index contributed by atoms with van der Waals surface area (Å²) < 4.78 is 1.95. The molecule has 21 heavy (non-hydrogen) atoms. The maximum atomic E-state index is 12.2. The molecule has 1 aromatic carbocycles. The topological polar surface area (TPSA) is 71.8 Å². The second-order valence-corrected chi connectivity index (χ2v) is 4.93. The first kappa shape index (κ1) is 15.2. The largest absolute Gasteiger partial charge is 0.325 e. The molecular weight excluding hydrogens is 266 g/mol. The van der Waals surface area contributed by atoms with E-state index in [1.807, 2.05) is 49.7 Å². The molecule has 112 valence electrons. The molecule has 2 N–H and O–H groups in total. The van der Waals surface area contributed by atoms with Crippen LogP contribution in [-0.4, -0.2) is 34.3 Å². The van der Waals surface area contributed by atoms with Crippen LogP contribution >= 0.6 is 0 Å². The van der Waals surface area contributed by atoms with E-state index in [9.17, 15) is 4.79 Å². The Morgan fingerprint density at radius 1 is 1.38 bits per heavy atom. The summed E-state index contributed by atoms with van der Waals surface area (Å²) in [6, 6.07) is 7.65. The van der Waals surface area contributed by atoms with Crippen molar-refractivity contribution < 1.29 is 4.79 Å². The number of aromatic nitrogens is 3. The number of para-hydroxylation sites is 1. The molecule has 1 heterocycles. The van der Waals surface area contributed by atoms with E-state index in [1.165, 1.54) is 0 Å². The van der Waals surface area contributed by atoms with Gasteiger partial charge in [0.1, 0.15) is 6.33 Å². The van der Waals surface area contributed by atoms with Crippen LogP contribution in [0.5, 0.6) is 0 Å². The molecule has 0 spiro atoms. The number of hydrogen-bond donors (Lipinski definition) is 2. The number of rotatable bonds is 6. The van der Waals surface area contributed by atoms with Crippen molar-refractivity contribution in [2.45, 2.75) is 20.4 Å². The lowest BCUT2D eigenvalue weighted by Crippen LogP contribution is -2.28. The van der Waals surface area contributed by atoms with Gasteiger partial charge in [0.2, 0.25) is 5.91 Å². The number of carbonyl (C=O) groups excluding carboxylic acids is 1. The molecule has 1 amide bonds. The number of nitrogens with zero attached hydrogens (tertiary/aromatic N) is 3. The summed E-state index contributed by atoms with van der Waals surface area (Å²) in [7, 11) is 1.83. The third-order valence-electron chi connectivity index (χ3n) is 3.34. The molecule has 1 atom stereocenters. The summed E-state index contributed by atoms with van der Waals surface area (Å²) in [5, 5.41) is 14.1. The zero-order valence-corrected chi connectivity index (χ0v) is 12.6. The van der Waals surface area contributed by atoms with Crippen LogP contribution in [0.4, 0.5) is 5.69 Å². The predicted molar refractivity (Wildman–Crippen MR) is 82.9 cm³/mol. The Morgan fingerprint density at radius 2 is 2.14 bits per heavy atom. The number of hydrogen-bond acceptors (Lipinski definition) is 4. The van der Waals surface area contributed by atoms with Crippen molar-refractivity contribution in [3.8, 4) is 11.4 Å². The second-order valence-electron chi connectivity index (χ2n) is 4.93. The van der Waals surface area contributed by atoms with E-state index < -0.39 is 0 Å². The minimum atomic E-state index is -0.105. The quantitative estimate of drug-likeness (QED) is 0.849. The highest BCUT2D eigenvalue weighted by atomic mass is 16.1. The Morgan fingerprint density at radius 3 is 2.86 bits per heavy atom. The van der Waals surface area contributed by atoms with Crippen molar-refractivity contribution in [1.29, 1.82) is 0 Å². The fourth-order valence-electron chi connectivity index (χ4n) is 2.14. The van der Waals surface area contributed by atoms with Crippen molar-refractivity contribution in [2.24, 2.45) is 5.92 Å². The lowest BCUT2D eigenvalue weighted by atomic mass is 10.1. The monoisotopic (exact) mass is 287 g/mol. The molecule has 0 aliphatic heterocycles. The van der Waals surface area contributed by atoms with Crippen LogP contribution in [0, 0.1) is 5.92 Å². The Bertz CT molecular complexity index is 608. The molecule has 0 saturated heterocycles. The van der Waals surface area contributed by atoms with Crippen LogP contribution < -0.4 is 10.6 Å². The summed E-state index contributed by atoms with van der Waals surface area (Å²) >= 11 is 0. The van der Waals surface area contributed by atoms with Gasteiger partial charge in [-0.05, 0) is 26.1 Å². The maximum Gasteiger partial charge on any atom is 0.228 e. The first-order valence-electron chi connectivity index (χ1n) is 7.10. The molecule has 2 aromatic rings. The van der Waals surface area contributed by atoms with Crippen LogP contribution in [0.25, 0.3) is 11.4 Å². The van der Waals surface area contributed by atoms with Crippen molar-refractivity contribution in [3.63, 3.8) is 0 Å². The molecule has 0 aliphatic carbocycles. The van der Waals surface area contributed by atoms with Crippen LogP contribution in [-0.2, 0) is 11.3 Å². The van der Waals surface area contributed by atoms with Crippen molar-refractivity contribution >= 4 is 11.6 Å². The maximum absolute atomic E-state index is 12.2. The second kappa shape index (κ2) is 6.99. The van der Waals surface area contributed by atoms with Crippen LogP contribution in [0.3, 0.4) is 0 Å². The Hall–Kier alpha value is -2.21. The SMILES string of the molecule is CCn1cnnc1-c1ccccc1NC(=O)C(C)CNC. The molecule has 1 aromatic heterocycles. The average molecular weight is 287 g/mol. The average Bonchev–Trinajstić information content (AvgIpc) is 2.96. The summed E-state index contributed by atoms with van der Waals surface area (Å²) in [4.78, 5) is 12.2. The first-order valence-corrected chi connectivity index (χ1v) is 7.10. The minimum Gasteiger partial charge on any atom is -0.325 e. The van der Waals surface area contributed by atoms with E-state index in [0.29, 0.717) is 6.54 Å². The summed E-state index contributed by atoms with van der Waals surface area (Å²) in [5.74, 6) is 0.640. The van der Waals surface area contributed by atoms with Gasteiger partial charge in [-0.15, -0.1) is 10.2 Å². The number of benzene rings is 1. The van der Waals surface area contributed by atoms with Gasteiger partial charge in [0.25, 0.3) is 0 Å². The van der Waals surface area contributed by atoms with Gasteiger partial charge in [-0.3, -0.25) is 4.79 Å². The standard InChI is InChI=1S/C15H21N5O/c1-4-20-10-17-19-14(20)12-7-5-6-8-13(12)18-15(21)11(2)9-16-3/h5-8,10-11,16H,4,9H2,1-3H3,(H,18,21). The van der Waals surface area contributed by atoms with Gasteiger partial charge >= 0.3 is 0 Å². The minimum absolute atomic E-state index is 0.0145. The number of nitrogens with one attached hydrogen (secondary N) is 2. The molecule has 0 saturated carbocycles. The first-order chi connectivity index (χ1) is 10.2. The normalized spacial score (nSPS) is 12.1. The number of amides is 1. The fraction of sp³-hybridized carbons (Fsp3) is 0.400.